The zero-order chi connectivity index (χ0) is 20.6. The van der Waals surface area contributed by atoms with Crippen LogP contribution in [0.4, 0.5) is 0 Å². The van der Waals surface area contributed by atoms with Crippen molar-refractivity contribution >= 4 is 11.8 Å². The molecule has 0 spiro atoms. The number of rotatable bonds is 8. The first kappa shape index (κ1) is 20.9. The molecule has 1 aliphatic rings. The van der Waals surface area contributed by atoms with Crippen molar-refractivity contribution in [1.82, 2.24) is 15.1 Å². The second-order valence-electron chi connectivity index (χ2n) is 7.38. The molecule has 0 aromatic heterocycles. The molecule has 3 rings (SSSR count). The van der Waals surface area contributed by atoms with E-state index in [0.717, 1.165) is 17.7 Å². The Bertz CT molecular complexity index is 825. The van der Waals surface area contributed by atoms with E-state index in [1.54, 1.807) is 19.1 Å². The van der Waals surface area contributed by atoms with Gasteiger partial charge in [-0.15, -0.1) is 0 Å². The molecule has 0 radical (unpaired) electrons. The van der Waals surface area contributed by atoms with Crippen molar-refractivity contribution in [2.75, 3.05) is 33.8 Å². The Balaban J connectivity index is 1.60. The number of nitrogens with one attached hydrogen (secondary N) is 1. The van der Waals surface area contributed by atoms with E-state index >= 15 is 0 Å². The van der Waals surface area contributed by atoms with Gasteiger partial charge in [0.2, 0.25) is 11.8 Å². The van der Waals surface area contributed by atoms with E-state index in [2.05, 4.69) is 22.3 Å². The van der Waals surface area contributed by atoms with Crippen LogP contribution in [0.25, 0.3) is 0 Å². The predicted molar refractivity (Wildman–Crippen MR) is 113 cm³/mol. The third-order valence-corrected chi connectivity index (χ3v) is 5.33. The number of ether oxygens (including phenoxy) is 1. The molecule has 1 N–H and O–H groups in total. The molecule has 2 amide bonds. The minimum absolute atomic E-state index is 0.0152. The molecule has 1 heterocycles. The molecule has 0 unspecified atom stereocenters. The highest BCUT2D eigenvalue weighted by Crippen LogP contribution is 2.18. The molecule has 0 saturated carbocycles. The number of amides is 2. The largest absolute Gasteiger partial charge is 0.497 e. The number of hydrogen-bond donors (Lipinski definition) is 1. The molecule has 1 aliphatic heterocycles. The highest BCUT2D eigenvalue weighted by Gasteiger charge is 2.32. The number of methoxy groups -OCH3 is 1. The van der Waals surface area contributed by atoms with Crippen LogP contribution >= 0.6 is 0 Å². The Hall–Kier alpha value is -2.86. The Labute approximate surface area is 172 Å². The van der Waals surface area contributed by atoms with Gasteiger partial charge in [0.05, 0.1) is 19.6 Å². The van der Waals surface area contributed by atoms with Crippen molar-refractivity contribution in [2.24, 2.45) is 0 Å². The molecule has 1 atom stereocenters. The highest BCUT2D eigenvalue weighted by atomic mass is 16.5. The summed E-state index contributed by atoms with van der Waals surface area (Å²) in [5.74, 6) is 0.694. The zero-order valence-corrected chi connectivity index (χ0v) is 17.1. The SMILES string of the molecule is COc1cccc(CN2CCNC(=O)[C@@H]2CC(=O)N(C)CCc2ccccc2)c1. The van der Waals surface area contributed by atoms with E-state index in [1.807, 2.05) is 42.5 Å². The third-order valence-electron chi connectivity index (χ3n) is 5.33. The molecule has 29 heavy (non-hydrogen) atoms. The van der Waals surface area contributed by atoms with Crippen LogP contribution in [0.3, 0.4) is 0 Å². The van der Waals surface area contributed by atoms with Crippen LogP contribution < -0.4 is 10.1 Å². The van der Waals surface area contributed by atoms with Gasteiger partial charge in [-0.1, -0.05) is 42.5 Å². The second-order valence-corrected chi connectivity index (χ2v) is 7.38. The van der Waals surface area contributed by atoms with Crippen LogP contribution in [-0.4, -0.2) is 61.4 Å². The lowest BCUT2D eigenvalue weighted by atomic mass is 10.1. The van der Waals surface area contributed by atoms with Crippen molar-refractivity contribution < 1.29 is 14.3 Å². The van der Waals surface area contributed by atoms with Gasteiger partial charge in [0, 0.05) is 33.2 Å². The van der Waals surface area contributed by atoms with Gasteiger partial charge in [-0.2, -0.15) is 0 Å². The van der Waals surface area contributed by atoms with Crippen molar-refractivity contribution in [2.45, 2.75) is 25.4 Å². The summed E-state index contributed by atoms with van der Waals surface area (Å²) in [5.41, 5.74) is 2.26. The molecule has 0 bridgehead atoms. The number of carbonyl (C=O) groups excluding carboxylic acids is 2. The van der Waals surface area contributed by atoms with E-state index in [4.69, 9.17) is 4.74 Å². The standard InChI is InChI=1S/C23H29N3O3/c1-25(13-11-18-7-4-3-5-8-18)22(27)16-21-23(28)24-12-14-26(21)17-19-9-6-10-20(15-19)29-2/h3-10,15,21H,11-14,16-17H2,1-2H3,(H,24,28)/t21-/m0/s1. The lowest BCUT2D eigenvalue weighted by Crippen LogP contribution is -2.56. The smallest absolute Gasteiger partial charge is 0.237 e. The van der Waals surface area contributed by atoms with Gasteiger partial charge < -0.3 is 15.0 Å². The van der Waals surface area contributed by atoms with Gasteiger partial charge in [-0.05, 0) is 29.7 Å². The van der Waals surface area contributed by atoms with Gasteiger partial charge in [0.1, 0.15) is 5.75 Å². The average molecular weight is 396 g/mol. The first-order valence-electron chi connectivity index (χ1n) is 9.99. The fourth-order valence-electron chi connectivity index (χ4n) is 3.57. The van der Waals surface area contributed by atoms with Gasteiger partial charge in [-0.25, -0.2) is 0 Å². The normalized spacial score (nSPS) is 16.9. The maximum Gasteiger partial charge on any atom is 0.237 e. The van der Waals surface area contributed by atoms with Gasteiger partial charge >= 0.3 is 0 Å². The first-order chi connectivity index (χ1) is 14.1. The van der Waals surface area contributed by atoms with Crippen LogP contribution in [0.1, 0.15) is 17.5 Å². The molecular weight excluding hydrogens is 366 g/mol. The predicted octanol–water partition coefficient (Wildman–Crippen LogP) is 2.09. The summed E-state index contributed by atoms with van der Waals surface area (Å²) >= 11 is 0. The second kappa shape index (κ2) is 10.1. The minimum atomic E-state index is -0.457. The Morgan fingerprint density at radius 3 is 2.69 bits per heavy atom. The van der Waals surface area contributed by atoms with Gasteiger partial charge in [-0.3, -0.25) is 14.5 Å². The molecule has 1 fully saturated rings. The highest BCUT2D eigenvalue weighted by molar-refractivity contribution is 5.88. The van der Waals surface area contributed by atoms with Crippen LogP contribution in [0, 0.1) is 0 Å². The molecule has 6 heteroatoms. The number of hydrogen-bond acceptors (Lipinski definition) is 4. The third kappa shape index (κ3) is 5.81. The number of nitrogens with zero attached hydrogens (tertiary/aromatic N) is 2. The van der Waals surface area contributed by atoms with E-state index < -0.39 is 6.04 Å². The Morgan fingerprint density at radius 2 is 1.93 bits per heavy atom. The lowest BCUT2D eigenvalue weighted by Gasteiger charge is -2.35. The monoisotopic (exact) mass is 395 g/mol. The fourth-order valence-corrected chi connectivity index (χ4v) is 3.57. The van der Waals surface area contributed by atoms with Crippen LogP contribution in [0.5, 0.6) is 5.75 Å². The lowest BCUT2D eigenvalue weighted by molar-refractivity contribution is -0.138. The fraction of sp³-hybridized carbons (Fsp3) is 0.391. The van der Waals surface area contributed by atoms with Crippen LogP contribution in [-0.2, 0) is 22.6 Å². The topological polar surface area (TPSA) is 61.9 Å². The quantitative estimate of drug-likeness (QED) is 0.744. The van der Waals surface area contributed by atoms with Gasteiger partial charge in [0.25, 0.3) is 0 Å². The number of carbonyl (C=O) groups is 2. The first-order valence-corrected chi connectivity index (χ1v) is 9.99. The van der Waals surface area contributed by atoms with Gasteiger partial charge in [0.15, 0.2) is 0 Å². The summed E-state index contributed by atoms with van der Waals surface area (Å²) in [6, 6.07) is 17.5. The summed E-state index contributed by atoms with van der Waals surface area (Å²) < 4.78 is 5.29. The van der Waals surface area contributed by atoms with Crippen molar-refractivity contribution in [1.29, 1.82) is 0 Å². The molecule has 1 saturated heterocycles. The van der Waals surface area contributed by atoms with Crippen LogP contribution in [0.15, 0.2) is 54.6 Å². The minimum Gasteiger partial charge on any atom is -0.497 e. The van der Waals surface area contributed by atoms with E-state index in [-0.39, 0.29) is 18.2 Å². The van der Waals surface area contributed by atoms with Crippen LogP contribution in [0.2, 0.25) is 0 Å². The van der Waals surface area contributed by atoms with Crippen molar-refractivity contribution in [3.63, 3.8) is 0 Å². The molecule has 6 nitrogen and oxygen atoms in total. The van der Waals surface area contributed by atoms with Crippen molar-refractivity contribution in [3.8, 4) is 5.75 Å². The summed E-state index contributed by atoms with van der Waals surface area (Å²) in [6.07, 6.45) is 0.981. The number of benzene rings is 2. The molecule has 154 valence electrons. The molecule has 2 aromatic rings. The zero-order valence-electron chi connectivity index (χ0n) is 17.1. The summed E-state index contributed by atoms with van der Waals surface area (Å²) in [5, 5.41) is 2.90. The molecule has 2 aromatic carbocycles. The Morgan fingerprint density at radius 1 is 1.17 bits per heavy atom. The van der Waals surface area contributed by atoms with Crippen molar-refractivity contribution in [3.05, 3.63) is 65.7 Å². The maximum atomic E-state index is 12.8. The maximum absolute atomic E-state index is 12.8. The average Bonchev–Trinajstić information content (AvgIpc) is 2.75. The van der Waals surface area contributed by atoms with E-state index in [1.165, 1.54) is 5.56 Å². The summed E-state index contributed by atoms with van der Waals surface area (Å²) in [6.45, 7) is 2.55. The summed E-state index contributed by atoms with van der Waals surface area (Å²) in [7, 11) is 3.44. The van der Waals surface area contributed by atoms with E-state index in [0.29, 0.717) is 26.2 Å². The van der Waals surface area contributed by atoms with E-state index in [9.17, 15) is 9.59 Å². The number of likely N-dealkylation sites (N-methyl/N-ethyl adjacent to an activating group) is 1. The molecular formula is C23H29N3O3. The molecule has 0 aliphatic carbocycles. The number of piperazine rings is 1. The summed E-state index contributed by atoms with van der Waals surface area (Å²) in [4.78, 5) is 29.1. The Kier molecular flexibility index (Phi) is 7.25.